The Hall–Kier alpha value is -1.99. The Morgan fingerprint density at radius 1 is 1.47 bits per heavy atom. The Bertz CT molecular complexity index is 372. The molecule has 0 atom stereocenters. The second kappa shape index (κ2) is 5.68. The lowest BCUT2D eigenvalue weighted by Crippen LogP contribution is -2.01. The molecule has 0 amide bonds. The van der Waals surface area contributed by atoms with E-state index >= 15 is 0 Å². The molecule has 1 aromatic carbocycles. The van der Waals surface area contributed by atoms with E-state index < -0.39 is 0 Å². The number of esters is 1. The first-order valence-corrected chi connectivity index (χ1v) is 4.43. The average Bonchev–Trinajstić information content (AvgIpc) is 2.29. The van der Waals surface area contributed by atoms with E-state index in [0.717, 1.165) is 0 Å². The fourth-order valence-corrected chi connectivity index (χ4v) is 1.00. The van der Waals surface area contributed by atoms with E-state index in [1.54, 1.807) is 30.3 Å². The zero-order valence-corrected chi connectivity index (χ0v) is 8.53. The van der Waals surface area contributed by atoms with E-state index in [1.807, 2.05) is 0 Å². The molecule has 78 valence electrons. The van der Waals surface area contributed by atoms with E-state index in [1.165, 1.54) is 7.11 Å². The van der Waals surface area contributed by atoms with Crippen molar-refractivity contribution >= 4 is 5.97 Å². The first kappa shape index (κ1) is 11.1. The summed E-state index contributed by atoms with van der Waals surface area (Å²) in [5.74, 6) is 0.335. The first-order valence-electron chi connectivity index (χ1n) is 4.43. The van der Waals surface area contributed by atoms with Crippen LogP contribution in [0.3, 0.4) is 0 Å². The quantitative estimate of drug-likeness (QED) is 0.557. The van der Waals surface area contributed by atoms with Crippen molar-refractivity contribution in [3.8, 4) is 5.75 Å². The Morgan fingerprint density at radius 3 is 2.67 bits per heavy atom. The normalized spacial score (nSPS) is 8.87. The number of hydrogen-bond acceptors (Lipinski definition) is 3. The molecule has 0 aliphatic carbocycles. The highest BCUT2D eigenvalue weighted by Gasteiger charge is 2.03. The van der Waals surface area contributed by atoms with Gasteiger partial charge in [0.15, 0.2) is 0 Å². The number of methoxy groups -OCH3 is 1. The molecule has 0 bridgehead atoms. The largest absolute Gasteiger partial charge is 0.489 e. The smallest absolute Gasteiger partial charge is 0.337 e. The van der Waals surface area contributed by atoms with Crippen molar-refractivity contribution in [3.63, 3.8) is 0 Å². The van der Waals surface area contributed by atoms with Crippen LogP contribution in [0, 0.1) is 0 Å². The molecule has 0 spiro atoms. The van der Waals surface area contributed by atoms with Gasteiger partial charge in [0.1, 0.15) is 12.4 Å². The van der Waals surface area contributed by atoms with Crippen LogP contribution in [0.2, 0.25) is 0 Å². The zero-order valence-electron chi connectivity index (χ0n) is 8.53. The van der Waals surface area contributed by atoms with Gasteiger partial charge in [-0.25, -0.2) is 4.79 Å². The molecule has 0 saturated carbocycles. The predicted molar refractivity (Wildman–Crippen MR) is 57.0 cm³/mol. The third-order valence-corrected chi connectivity index (χ3v) is 1.75. The number of hydrogen-bond donors (Lipinski definition) is 0. The van der Waals surface area contributed by atoms with Crippen molar-refractivity contribution in [2.45, 2.75) is 0 Å². The van der Waals surface area contributed by atoms with E-state index in [0.29, 0.717) is 17.9 Å². The maximum atomic E-state index is 11.1. The van der Waals surface area contributed by atoms with Gasteiger partial charge in [0.2, 0.25) is 0 Å². The third-order valence-electron chi connectivity index (χ3n) is 1.75. The summed E-state index contributed by atoms with van der Waals surface area (Å²) in [5, 5.41) is 0. The van der Waals surface area contributed by atoms with E-state index in [9.17, 15) is 4.79 Å². The summed E-state index contributed by atoms with van der Waals surface area (Å²) in [6.07, 6.45) is 1.67. The van der Waals surface area contributed by atoms with Crippen LogP contribution < -0.4 is 4.74 Å². The number of rotatable bonds is 4. The van der Waals surface area contributed by atoms with Crippen LogP contribution in [-0.4, -0.2) is 19.7 Å². The molecule has 0 aliphatic heterocycles. The summed E-state index contributed by atoms with van der Waals surface area (Å²) in [7, 11) is 1.35. The lowest BCUT2D eigenvalue weighted by molar-refractivity contribution is 0.0600. The van der Waals surface area contributed by atoms with Crippen LogP contribution in [-0.2, 0) is 4.74 Å². The Morgan fingerprint density at radius 2 is 2.13 bits per heavy atom. The van der Waals surface area contributed by atoms with Gasteiger partial charge in [0.05, 0.1) is 12.7 Å². The SMILES string of the molecule is C=C=CCOc1ccc(C(=O)OC)cc1. The number of carbonyl (C=O) groups excluding carboxylic acids is 1. The highest BCUT2D eigenvalue weighted by Crippen LogP contribution is 2.12. The van der Waals surface area contributed by atoms with E-state index in [4.69, 9.17) is 4.74 Å². The molecular weight excluding hydrogens is 192 g/mol. The van der Waals surface area contributed by atoms with Gasteiger partial charge >= 0.3 is 5.97 Å². The minimum Gasteiger partial charge on any atom is -0.489 e. The average molecular weight is 204 g/mol. The second-order valence-electron chi connectivity index (χ2n) is 2.74. The molecule has 1 rings (SSSR count). The highest BCUT2D eigenvalue weighted by molar-refractivity contribution is 5.89. The first-order chi connectivity index (χ1) is 7.27. The summed E-state index contributed by atoms with van der Waals surface area (Å²) in [4.78, 5) is 11.1. The molecule has 3 heteroatoms. The fraction of sp³-hybridized carbons (Fsp3) is 0.167. The Balaban J connectivity index is 2.63. The maximum Gasteiger partial charge on any atom is 0.337 e. The molecule has 0 saturated heterocycles. The molecule has 0 N–H and O–H groups in total. The molecule has 0 aliphatic rings. The van der Waals surface area contributed by atoms with E-state index in [-0.39, 0.29) is 5.97 Å². The minimum absolute atomic E-state index is 0.354. The summed E-state index contributed by atoms with van der Waals surface area (Å²) in [5.41, 5.74) is 3.11. The maximum absolute atomic E-state index is 11.1. The molecule has 0 aromatic heterocycles. The van der Waals surface area contributed by atoms with Crippen LogP contribution in [0.15, 0.2) is 42.7 Å². The number of benzene rings is 1. The van der Waals surface area contributed by atoms with Gasteiger partial charge < -0.3 is 9.47 Å². The van der Waals surface area contributed by atoms with Crippen molar-refractivity contribution in [2.24, 2.45) is 0 Å². The molecule has 0 unspecified atom stereocenters. The minimum atomic E-state index is -0.354. The van der Waals surface area contributed by atoms with Gasteiger partial charge in [-0.2, -0.15) is 0 Å². The highest BCUT2D eigenvalue weighted by atomic mass is 16.5. The van der Waals surface area contributed by atoms with E-state index in [2.05, 4.69) is 17.0 Å². The van der Waals surface area contributed by atoms with Gasteiger partial charge in [-0.3, -0.25) is 0 Å². The molecular formula is C12H12O3. The van der Waals surface area contributed by atoms with Gasteiger partial charge in [-0.15, -0.1) is 5.73 Å². The van der Waals surface area contributed by atoms with Gasteiger partial charge in [-0.1, -0.05) is 6.58 Å². The van der Waals surface area contributed by atoms with Crippen molar-refractivity contribution < 1.29 is 14.3 Å². The van der Waals surface area contributed by atoms with Crippen molar-refractivity contribution in [1.82, 2.24) is 0 Å². The second-order valence-corrected chi connectivity index (χ2v) is 2.74. The van der Waals surface area contributed by atoms with Gasteiger partial charge in [-0.05, 0) is 30.3 Å². The number of ether oxygens (including phenoxy) is 2. The summed E-state index contributed by atoms with van der Waals surface area (Å²) < 4.78 is 9.88. The zero-order chi connectivity index (χ0) is 11.1. The summed E-state index contributed by atoms with van der Waals surface area (Å²) >= 11 is 0. The van der Waals surface area contributed by atoms with Crippen LogP contribution in [0.1, 0.15) is 10.4 Å². The summed E-state index contributed by atoms with van der Waals surface area (Å²) in [6.45, 7) is 3.84. The lowest BCUT2D eigenvalue weighted by atomic mass is 10.2. The van der Waals surface area contributed by atoms with Crippen LogP contribution >= 0.6 is 0 Å². The molecule has 15 heavy (non-hydrogen) atoms. The van der Waals surface area contributed by atoms with Crippen molar-refractivity contribution in [2.75, 3.05) is 13.7 Å². The molecule has 1 aromatic rings. The fourth-order valence-electron chi connectivity index (χ4n) is 1.00. The monoisotopic (exact) mass is 204 g/mol. The van der Waals surface area contributed by atoms with Crippen molar-refractivity contribution in [3.05, 3.63) is 48.2 Å². The van der Waals surface area contributed by atoms with Gasteiger partial charge in [0.25, 0.3) is 0 Å². The van der Waals surface area contributed by atoms with Crippen LogP contribution in [0.5, 0.6) is 5.75 Å². The summed E-state index contributed by atoms with van der Waals surface area (Å²) in [6, 6.07) is 6.73. The molecule has 0 fully saturated rings. The molecule has 0 radical (unpaired) electrons. The predicted octanol–water partition coefficient (Wildman–Crippen LogP) is 2.19. The van der Waals surface area contributed by atoms with Crippen LogP contribution in [0.25, 0.3) is 0 Å². The third kappa shape index (κ3) is 3.33. The lowest BCUT2D eigenvalue weighted by Gasteiger charge is -2.03. The Labute approximate surface area is 88.6 Å². The van der Waals surface area contributed by atoms with Crippen molar-refractivity contribution in [1.29, 1.82) is 0 Å². The Kier molecular flexibility index (Phi) is 4.20. The molecule has 0 heterocycles. The number of carbonyl (C=O) groups is 1. The molecule has 3 nitrogen and oxygen atoms in total. The van der Waals surface area contributed by atoms with Gasteiger partial charge in [0, 0.05) is 0 Å². The topological polar surface area (TPSA) is 35.5 Å². The standard InChI is InChI=1S/C12H12O3/c1-3-4-9-15-11-7-5-10(6-8-11)12(13)14-2/h4-8H,1,9H2,2H3. The van der Waals surface area contributed by atoms with Crippen LogP contribution in [0.4, 0.5) is 0 Å².